The van der Waals surface area contributed by atoms with Crippen LogP contribution in [-0.2, 0) is 9.59 Å². The number of carbonyl (C=O) groups excluding carboxylic acids is 2. The second-order valence-corrected chi connectivity index (χ2v) is 7.53. The Morgan fingerprint density at radius 1 is 1.14 bits per heavy atom. The van der Waals surface area contributed by atoms with E-state index in [4.69, 9.17) is 9.47 Å². The quantitative estimate of drug-likeness (QED) is 0.758. The van der Waals surface area contributed by atoms with Crippen molar-refractivity contribution in [3.63, 3.8) is 0 Å². The summed E-state index contributed by atoms with van der Waals surface area (Å²) in [5.74, 6) is 2.06. The van der Waals surface area contributed by atoms with E-state index in [1.54, 1.807) is 0 Å². The molecule has 3 heterocycles. The van der Waals surface area contributed by atoms with Gasteiger partial charge in [-0.25, -0.2) is 0 Å². The SMILES string of the molecule is O=C(CCC1CCN(C(=O)C2C=CCN2)CC1)Nc1ccc2c(c1)OCCO2. The van der Waals surface area contributed by atoms with E-state index in [0.29, 0.717) is 37.1 Å². The summed E-state index contributed by atoms with van der Waals surface area (Å²) in [5, 5.41) is 6.12. The van der Waals surface area contributed by atoms with Crippen LogP contribution >= 0.6 is 0 Å². The van der Waals surface area contributed by atoms with Crippen molar-refractivity contribution in [3.05, 3.63) is 30.4 Å². The predicted molar refractivity (Wildman–Crippen MR) is 106 cm³/mol. The van der Waals surface area contributed by atoms with E-state index in [0.717, 1.165) is 44.6 Å². The smallest absolute Gasteiger partial charge is 0.243 e. The van der Waals surface area contributed by atoms with E-state index in [9.17, 15) is 9.59 Å². The number of piperidine rings is 1. The number of benzene rings is 1. The van der Waals surface area contributed by atoms with Gasteiger partial charge < -0.3 is 19.7 Å². The highest BCUT2D eigenvalue weighted by Gasteiger charge is 2.28. The van der Waals surface area contributed by atoms with Gasteiger partial charge in [-0.05, 0) is 37.3 Å². The molecule has 150 valence electrons. The van der Waals surface area contributed by atoms with Gasteiger partial charge in [0.15, 0.2) is 11.5 Å². The molecule has 7 nitrogen and oxygen atoms in total. The number of hydrogen-bond acceptors (Lipinski definition) is 5. The van der Waals surface area contributed by atoms with Crippen LogP contribution in [0.5, 0.6) is 11.5 Å². The van der Waals surface area contributed by atoms with Crippen molar-refractivity contribution >= 4 is 17.5 Å². The fourth-order valence-corrected chi connectivity index (χ4v) is 3.96. The molecule has 1 saturated heterocycles. The summed E-state index contributed by atoms with van der Waals surface area (Å²) in [6.45, 7) is 3.40. The zero-order valence-electron chi connectivity index (χ0n) is 16.0. The second kappa shape index (κ2) is 8.65. The van der Waals surface area contributed by atoms with E-state index in [1.807, 2.05) is 35.3 Å². The van der Waals surface area contributed by atoms with Crippen LogP contribution in [-0.4, -0.2) is 55.6 Å². The van der Waals surface area contributed by atoms with Crippen LogP contribution in [0.2, 0.25) is 0 Å². The Morgan fingerprint density at radius 3 is 2.68 bits per heavy atom. The molecule has 1 atom stereocenters. The Labute approximate surface area is 165 Å². The molecule has 3 aliphatic heterocycles. The zero-order chi connectivity index (χ0) is 19.3. The Balaban J connectivity index is 1.19. The van der Waals surface area contributed by atoms with Crippen molar-refractivity contribution in [2.45, 2.75) is 31.7 Å². The summed E-state index contributed by atoms with van der Waals surface area (Å²) in [7, 11) is 0. The highest BCUT2D eigenvalue weighted by Crippen LogP contribution is 2.32. The number of anilines is 1. The number of ether oxygens (including phenoxy) is 2. The first-order chi connectivity index (χ1) is 13.7. The van der Waals surface area contributed by atoms with Gasteiger partial charge in [-0.15, -0.1) is 0 Å². The number of amides is 2. The molecule has 3 aliphatic rings. The van der Waals surface area contributed by atoms with E-state index < -0.39 is 0 Å². The van der Waals surface area contributed by atoms with E-state index >= 15 is 0 Å². The number of carbonyl (C=O) groups is 2. The minimum absolute atomic E-state index is 0.00970. The summed E-state index contributed by atoms with van der Waals surface area (Å²) >= 11 is 0. The van der Waals surface area contributed by atoms with Gasteiger partial charge in [0.2, 0.25) is 11.8 Å². The van der Waals surface area contributed by atoms with Crippen LogP contribution in [0.1, 0.15) is 25.7 Å². The highest BCUT2D eigenvalue weighted by atomic mass is 16.6. The van der Waals surface area contributed by atoms with Gasteiger partial charge in [0.25, 0.3) is 0 Å². The fraction of sp³-hybridized carbons (Fsp3) is 0.524. The summed E-state index contributed by atoms with van der Waals surface area (Å²) in [5.41, 5.74) is 0.729. The van der Waals surface area contributed by atoms with Gasteiger partial charge >= 0.3 is 0 Å². The molecule has 0 bridgehead atoms. The molecule has 0 radical (unpaired) electrons. The average molecular weight is 385 g/mol. The summed E-state index contributed by atoms with van der Waals surface area (Å²) < 4.78 is 11.0. The van der Waals surface area contributed by atoms with Crippen molar-refractivity contribution in [1.82, 2.24) is 10.2 Å². The number of fused-ring (bicyclic) bond motifs is 1. The Bertz CT molecular complexity index is 756. The topological polar surface area (TPSA) is 79.9 Å². The largest absolute Gasteiger partial charge is 0.486 e. The first-order valence-electron chi connectivity index (χ1n) is 10.1. The molecule has 1 aromatic rings. The third kappa shape index (κ3) is 4.47. The number of likely N-dealkylation sites (tertiary alicyclic amines) is 1. The monoisotopic (exact) mass is 385 g/mol. The second-order valence-electron chi connectivity index (χ2n) is 7.53. The van der Waals surface area contributed by atoms with Gasteiger partial charge in [0.1, 0.15) is 19.3 Å². The molecule has 28 heavy (non-hydrogen) atoms. The van der Waals surface area contributed by atoms with E-state index in [-0.39, 0.29) is 17.9 Å². The normalized spacial score (nSPS) is 21.6. The third-order valence-corrected chi connectivity index (χ3v) is 5.58. The van der Waals surface area contributed by atoms with Crippen LogP contribution in [0, 0.1) is 5.92 Å². The maximum atomic E-state index is 12.4. The average Bonchev–Trinajstić information content (AvgIpc) is 3.27. The Hall–Kier alpha value is -2.54. The molecule has 0 aromatic heterocycles. The molecule has 1 fully saturated rings. The molecule has 7 heteroatoms. The zero-order valence-corrected chi connectivity index (χ0v) is 16.0. The van der Waals surface area contributed by atoms with Crippen LogP contribution in [0.3, 0.4) is 0 Å². The highest BCUT2D eigenvalue weighted by molar-refractivity contribution is 5.91. The summed E-state index contributed by atoms with van der Waals surface area (Å²) in [6, 6.07) is 5.31. The van der Waals surface area contributed by atoms with Gasteiger partial charge in [-0.3, -0.25) is 14.9 Å². The fourth-order valence-electron chi connectivity index (χ4n) is 3.96. The van der Waals surface area contributed by atoms with Crippen molar-refractivity contribution in [2.24, 2.45) is 5.92 Å². The first kappa shape index (κ1) is 18.8. The molecule has 0 saturated carbocycles. The van der Waals surface area contributed by atoms with Crippen LogP contribution in [0.15, 0.2) is 30.4 Å². The number of nitrogens with zero attached hydrogens (tertiary/aromatic N) is 1. The minimum Gasteiger partial charge on any atom is -0.486 e. The molecule has 4 rings (SSSR count). The molecular formula is C21H27N3O4. The maximum absolute atomic E-state index is 12.4. The van der Waals surface area contributed by atoms with Gasteiger partial charge in [-0.2, -0.15) is 0 Å². The van der Waals surface area contributed by atoms with Crippen molar-refractivity contribution in [2.75, 3.05) is 38.2 Å². The first-order valence-corrected chi connectivity index (χ1v) is 10.1. The van der Waals surface area contributed by atoms with Crippen molar-refractivity contribution in [3.8, 4) is 11.5 Å². The molecule has 2 N–H and O–H groups in total. The lowest BCUT2D eigenvalue weighted by molar-refractivity contribution is -0.133. The van der Waals surface area contributed by atoms with Crippen molar-refractivity contribution in [1.29, 1.82) is 0 Å². The van der Waals surface area contributed by atoms with Gasteiger partial charge in [0, 0.05) is 37.8 Å². The number of hydrogen-bond donors (Lipinski definition) is 2. The van der Waals surface area contributed by atoms with E-state index in [1.165, 1.54) is 0 Å². The molecule has 0 spiro atoms. The van der Waals surface area contributed by atoms with Crippen molar-refractivity contribution < 1.29 is 19.1 Å². The predicted octanol–water partition coefficient (Wildman–Crippen LogP) is 1.94. The molecule has 1 unspecified atom stereocenters. The Kier molecular flexibility index (Phi) is 5.81. The number of rotatable bonds is 5. The molecule has 1 aromatic carbocycles. The van der Waals surface area contributed by atoms with E-state index in [2.05, 4.69) is 10.6 Å². The number of nitrogens with one attached hydrogen (secondary N) is 2. The molecule has 0 aliphatic carbocycles. The Morgan fingerprint density at radius 2 is 1.93 bits per heavy atom. The lowest BCUT2D eigenvalue weighted by atomic mass is 9.91. The van der Waals surface area contributed by atoms with Gasteiger partial charge in [0.05, 0.1) is 0 Å². The minimum atomic E-state index is -0.159. The molecular weight excluding hydrogens is 358 g/mol. The lowest BCUT2D eigenvalue weighted by Crippen LogP contribution is -2.47. The van der Waals surface area contributed by atoms with Crippen LogP contribution in [0.4, 0.5) is 5.69 Å². The van der Waals surface area contributed by atoms with Crippen LogP contribution < -0.4 is 20.1 Å². The lowest BCUT2D eigenvalue weighted by Gasteiger charge is -2.33. The van der Waals surface area contributed by atoms with Crippen LogP contribution in [0.25, 0.3) is 0 Å². The molecule has 2 amide bonds. The van der Waals surface area contributed by atoms with Gasteiger partial charge in [-0.1, -0.05) is 12.2 Å². The summed E-state index contributed by atoms with van der Waals surface area (Å²) in [4.78, 5) is 26.7. The third-order valence-electron chi connectivity index (χ3n) is 5.58. The maximum Gasteiger partial charge on any atom is 0.243 e. The summed E-state index contributed by atoms with van der Waals surface area (Å²) in [6.07, 6.45) is 7.19. The standard InChI is InChI=1S/C21H27N3O4/c25-20(23-16-4-5-18-19(14-16)28-13-12-27-18)6-3-15-7-10-24(11-8-15)21(26)17-2-1-9-22-17/h1-2,4-5,14-15,17,22H,3,6-13H2,(H,23,25).